The summed E-state index contributed by atoms with van der Waals surface area (Å²) in [7, 11) is 1.84. The topological polar surface area (TPSA) is 46.9 Å². The van der Waals surface area contributed by atoms with Crippen molar-refractivity contribution in [1.82, 2.24) is 15.1 Å². The average molecular weight is 313 g/mol. The molecule has 4 heteroatoms. The van der Waals surface area contributed by atoms with Crippen molar-refractivity contribution in [1.29, 1.82) is 0 Å². The van der Waals surface area contributed by atoms with Gasteiger partial charge in [0.2, 0.25) is 0 Å². The summed E-state index contributed by atoms with van der Waals surface area (Å²) in [4.78, 5) is 12.5. The van der Waals surface area contributed by atoms with Crippen molar-refractivity contribution in [2.45, 2.75) is 52.5 Å². The molecule has 0 saturated carbocycles. The number of hydrogen-bond donors (Lipinski definition) is 1. The Balaban J connectivity index is 2.13. The fraction of sp³-hybridized carbons (Fsp3) is 0.474. The number of hydrogen-bond acceptors (Lipinski definition) is 2. The van der Waals surface area contributed by atoms with Gasteiger partial charge in [0.15, 0.2) is 0 Å². The van der Waals surface area contributed by atoms with Crippen LogP contribution in [0.5, 0.6) is 0 Å². The number of carbonyl (C=O) groups excluding carboxylic acids is 1. The molecule has 1 heterocycles. The highest BCUT2D eigenvalue weighted by atomic mass is 16.1. The molecule has 0 aliphatic carbocycles. The number of nitrogens with one attached hydrogen (secondary N) is 1. The highest BCUT2D eigenvalue weighted by Crippen LogP contribution is 2.23. The molecular weight excluding hydrogens is 286 g/mol. The van der Waals surface area contributed by atoms with Crippen molar-refractivity contribution in [2.75, 3.05) is 0 Å². The van der Waals surface area contributed by atoms with Gasteiger partial charge in [-0.25, -0.2) is 0 Å². The molecule has 4 nitrogen and oxygen atoms in total. The first-order valence-electron chi connectivity index (χ1n) is 8.37. The molecule has 0 spiro atoms. The van der Waals surface area contributed by atoms with E-state index in [0.717, 1.165) is 24.1 Å². The summed E-state index contributed by atoms with van der Waals surface area (Å²) in [6.07, 6.45) is 3.62. The molecule has 0 aliphatic rings. The van der Waals surface area contributed by atoms with Gasteiger partial charge in [-0.1, -0.05) is 45.0 Å². The Morgan fingerprint density at radius 2 is 1.78 bits per heavy atom. The number of amides is 1. The van der Waals surface area contributed by atoms with E-state index in [9.17, 15) is 4.79 Å². The number of aromatic nitrogens is 2. The molecule has 0 aliphatic heterocycles. The second-order valence-corrected chi connectivity index (χ2v) is 6.18. The molecule has 2 rings (SSSR count). The molecule has 124 valence electrons. The van der Waals surface area contributed by atoms with Crippen molar-refractivity contribution in [2.24, 2.45) is 7.05 Å². The van der Waals surface area contributed by atoms with Crippen LogP contribution in [0.1, 0.15) is 72.8 Å². The van der Waals surface area contributed by atoms with E-state index in [-0.39, 0.29) is 11.9 Å². The Morgan fingerprint density at radius 3 is 2.26 bits per heavy atom. The van der Waals surface area contributed by atoms with Crippen molar-refractivity contribution in [3.8, 4) is 0 Å². The van der Waals surface area contributed by atoms with Crippen LogP contribution >= 0.6 is 0 Å². The molecule has 2 atom stereocenters. The molecule has 1 amide bonds. The number of carbonyl (C=O) groups is 1. The van der Waals surface area contributed by atoms with E-state index in [0.29, 0.717) is 11.5 Å². The largest absolute Gasteiger partial charge is 0.345 e. The highest BCUT2D eigenvalue weighted by Gasteiger charge is 2.18. The van der Waals surface area contributed by atoms with Gasteiger partial charge in [-0.2, -0.15) is 5.10 Å². The van der Waals surface area contributed by atoms with Crippen LogP contribution in [0.15, 0.2) is 30.5 Å². The smallest absolute Gasteiger partial charge is 0.255 e. The van der Waals surface area contributed by atoms with Crippen LogP contribution in [0.3, 0.4) is 0 Å². The summed E-state index contributed by atoms with van der Waals surface area (Å²) in [6, 6.07) is 8.63. The third kappa shape index (κ3) is 3.81. The summed E-state index contributed by atoms with van der Waals surface area (Å²) in [5.41, 5.74) is 4.02. The van der Waals surface area contributed by atoms with Crippen LogP contribution in [0.2, 0.25) is 0 Å². The van der Waals surface area contributed by atoms with E-state index in [2.05, 4.69) is 55.5 Å². The van der Waals surface area contributed by atoms with Crippen LogP contribution < -0.4 is 5.32 Å². The number of nitrogens with zero attached hydrogens (tertiary/aromatic N) is 2. The molecule has 1 N–H and O–H groups in total. The molecule has 0 radical (unpaired) electrons. The van der Waals surface area contributed by atoms with Gasteiger partial charge in [0.05, 0.1) is 17.8 Å². The fourth-order valence-electron chi connectivity index (χ4n) is 2.67. The number of aryl methyl sites for hydroxylation is 1. The zero-order chi connectivity index (χ0) is 17.0. The predicted molar refractivity (Wildman–Crippen MR) is 93.6 cm³/mol. The molecule has 0 bridgehead atoms. The maximum absolute atomic E-state index is 12.5. The Hall–Kier alpha value is -2.10. The van der Waals surface area contributed by atoms with Crippen molar-refractivity contribution in [3.63, 3.8) is 0 Å². The third-order valence-corrected chi connectivity index (χ3v) is 4.71. The number of benzene rings is 1. The standard InChI is InChI=1S/C19H27N3O/c1-6-13(3)15-8-10-16(11-9-15)18(7-2)21-19(23)17-12-20-22(5)14(17)4/h8-13,18H,6-7H2,1-5H3,(H,21,23). The normalized spacial score (nSPS) is 13.6. The second kappa shape index (κ2) is 7.44. The number of rotatable bonds is 6. The van der Waals surface area contributed by atoms with E-state index in [1.54, 1.807) is 10.9 Å². The predicted octanol–water partition coefficient (Wildman–Crippen LogP) is 4.12. The third-order valence-electron chi connectivity index (χ3n) is 4.71. The average Bonchev–Trinajstić information content (AvgIpc) is 2.91. The second-order valence-electron chi connectivity index (χ2n) is 6.18. The Bertz CT molecular complexity index is 658. The van der Waals surface area contributed by atoms with Gasteiger partial charge in [-0.15, -0.1) is 0 Å². The van der Waals surface area contributed by atoms with Crippen molar-refractivity contribution >= 4 is 5.91 Å². The highest BCUT2D eigenvalue weighted by molar-refractivity contribution is 5.95. The molecule has 1 aromatic carbocycles. The maximum Gasteiger partial charge on any atom is 0.255 e. The summed E-state index contributed by atoms with van der Waals surface area (Å²) < 4.78 is 1.72. The van der Waals surface area contributed by atoms with Gasteiger partial charge >= 0.3 is 0 Å². The van der Waals surface area contributed by atoms with Gasteiger partial charge in [-0.3, -0.25) is 9.48 Å². The minimum atomic E-state index is -0.0616. The summed E-state index contributed by atoms with van der Waals surface area (Å²) in [6.45, 7) is 8.43. The van der Waals surface area contributed by atoms with Crippen molar-refractivity contribution in [3.05, 3.63) is 52.8 Å². The lowest BCUT2D eigenvalue weighted by Gasteiger charge is -2.18. The minimum Gasteiger partial charge on any atom is -0.345 e. The van der Waals surface area contributed by atoms with Crippen molar-refractivity contribution < 1.29 is 4.79 Å². The zero-order valence-corrected chi connectivity index (χ0v) is 14.8. The Labute approximate surface area is 138 Å². The van der Waals surface area contributed by atoms with E-state index in [4.69, 9.17) is 0 Å². The molecule has 0 fully saturated rings. The van der Waals surface area contributed by atoms with Gasteiger partial charge in [0, 0.05) is 12.7 Å². The monoisotopic (exact) mass is 313 g/mol. The quantitative estimate of drug-likeness (QED) is 0.872. The van der Waals surface area contributed by atoms with Crippen LogP contribution in [-0.4, -0.2) is 15.7 Å². The zero-order valence-electron chi connectivity index (χ0n) is 14.8. The first kappa shape index (κ1) is 17.3. The van der Waals surface area contributed by atoms with E-state index in [1.165, 1.54) is 5.56 Å². The SMILES string of the molecule is CCC(C)c1ccc(C(CC)NC(=O)c2cnn(C)c2C)cc1. The van der Waals surface area contributed by atoms with E-state index >= 15 is 0 Å². The molecular formula is C19H27N3O. The van der Waals surface area contributed by atoms with Crippen LogP contribution in [0, 0.1) is 6.92 Å². The summed E-state index contributed by atoms with van der Waals surface area (Å²) in [5.74, 6) is 0.505. The van der Waals surface area contributed by atoms with Crippen LogP contribution in [-0.2, 0) is 7.05 Å². The summed E-state index contributed by atoms with van der Waals surface area (Å²) >= 11 is 0. The lowest BCUT2D eigenvalue weighted by Crippen LogP contribution is -2.28. The fourth-order valence-corrected chi connectivity index (χ4v) is 2.67. The first-order chi connectivity index (χ1) is 11.0. The van der Waals surface area contributed by atoms with E-state index < -0.39 is 0 Å². The van der Waals surface area contributed by atoms with Crippen LogP contribution in [0.25, 0.3) is 0 Å². The van der Waals surface area contributed by atoms with Gasteiger partial charge in [0.1, 0.15) is 0 Å². The molecule has 1 aromatic heterocycles. The Morgan fingerprint density at radius 1 is 1.17 bits per heavy atom. The molecule has 2 unspecified atom stereocenters. The molecule has 23 heavy (non-hydrogen) atoms. The molecule has 0 saturated heterocycles. The van der Waals surface area contributed by atoms with Gasteiger partial charge in [-0.05, 0) is 36.8 Å². The van der Waals surface area contributed by atoms with Crippen LogP contribution in [0.4, 0.5) is 0 Å². The van der Waals surface area contributed by atoms with Gasteiger partial charge in [0.25, 0.3) is 5.91 Å². The Kier molecular flexibility index (Phi) is 5.59. The first-order valence-corrected chi connectivity index (χ1v) is 8.37. The lowest BCUT2D eigenvalue weighted by molar-refractivity contribution is 0.0935. The molecule has 2 aromatic rings. The lowest BCUT2D eigenvalue weighted by atomic mass is 9.95. The minimum absolute atomic E-state index is 0.0214. The maximum atomic E-state index is 12.5. The van der Waals surface area contributed by atoms with Gasteiger partial charge < -0.3 is 5.32 Å². The summed E-state index contributed by atoms with van der Waals surface area (Å²) in [5, 5.41) is 7.26. The van der Waals surface area contributed by atoms with E-state index in [1.807, 2.05) is 14.0 Å².